The van der Waals surface area contributed by atoms with Crippen LogP contribution in [0.2, 0.25) is 0 Å². The Hall–Kier alpha value is -1.83. The fourth-order valence-electron chi connectivity index (χ4n) is 2.64. The summed E-state index contributed by atoms with van der Waals surface area (Å²) in [6, 6.07) is 0. The van der Waals surface area contributed by atoms with E-state index in [-0.39, 0.29) is 10.8 Å². The van der Waals surface area contributed by atoms with Gasteiger partial charge >= 0.3 is 0 Å². The summed E-state index contributed by atoms with van der Waals surface area (Å²) in [5.41, 5.74) is 5.36. The van der Waals surface area contributed by atoms with Crippen LogP contribution in [0.1, 0.15) is 54.4 Å². The molecule has 2 heterocycles. The lowest BCUT2D eigenvalue weighted by Gasteiger charge is -2.19. The van der Waals surface area contributed by atoms with Gasteiger partial charge in [0.1, 0.15) is 0 Å². The van der Waals surface area contributed by atoms with Gasteiger partial charge in [-0.1, -0.05) is 53.7 Å². The van der Waals surface area contributed by atoms with Crippen molar-refractivity contribution >= 4 is 5.71 Å². The molecular weight excluding hydrogens is 280 g/mol. The monoisotopic (exact) mass is 310 g/mol. The van der Waals surface area contributed by atoms with E-state index in [4.69, 9.17) is 0 Å². The van der Waals surface area contributed by atoms with Crippen molar-refractivity contribution in [3.05, 3.63) is 59.6 Å². The highest BCUT2D eigenvalue weighted by atomic mass is 14.9. The zero-order chi connectivity index (χ0) is 17.1. The second-order valence-electron chi connectivity index (χ2n) is 8.31. The number of rotatable bonds is 1. The van der Waals surface area contributed by atoms with Crippen molar-refractivity contribution in [1.29, 1.82) is 0 Å². The maximum atomic E-state index is 4.60. The minimum absolute atomic E-state index is 0.169. The molecule has 0 unspecified atom stereocenters. The molecule has 2 aliphatic rings. The first-order chi connectivity index (χ1) is 10.7. The van der Waals surface area contributed by atoms with Crippen LogP contribution in [0.15, 0.2) is 64.6 Å². The highest BCUT2D eigenvalue weighted by molar-refractivity contribution is 5.97. The van der Waals surface area contributed by atoms with Crippen molar-refractivity contribution in [3.63, 3.8) is 0 Å². The summed E-state index contributed by atoms with van der Waals surface area (Å²) in [7, 11) is 0. The summed E-state index contributed by atoms with van der Waals surface area (Å²) in [6.45, 7) is 13.5. The molecule has 0 atom stereocenters. The second kappa shape index (κ2) is 6.74. The third-order valence-corrected chi connectivity index (χ3v) is 4.17. The molecule has 0 bridgehead atoms. The average molecular weight is 310 g/mol. The quantitative estimate of drug-likeness (QED) is 0.662. The lowest BCUT2D eigenvalue weighted by molar-refractivity contribution is 0.515. The third-order valence-electron chi connectivity index (χ3n) is 4.17. The number of hydrogen-bond acceptors (Lipinski definition) is 2. The normalized spacial score (nSPS) is 21.1. The maximum absolute atomic E-state index is 4.60. The number of allylic oxidation sites excluding steroid dienone is 7. The van der Waals surface area contributed by atoms with E-state index in [9.17, 15) is 0 Å². The van der Waals surface area contributed by atoms with Crippen LogP contribution >= 0.6 is 0 Å². The lowest BCUT2D eigenvalue weighted by atomic mass is 9.85. The van der Waals surface area contributed by atoms with Gasteiger partial charge in [0.2, 0.25) is 0 Å². The molecule has 0 aromatic rings. The van der Waals surface area contributed by atoms with Gasteiger partial charge < -0.3 is 5.32 Å². The van der Waals surface area contributed by atoms with Crippen molar-refractivity contribution < 1.29 is 0 Å². The van der Waals surface area contributed by atoms with Crippen molar-refractivity contribution in [3.8, 4) is 0 Å². The Labute approximate surface area is 141 Å². The molecular formula is C21H30N2. The van der Waals surface area contributed by atoms with Crippen molar-refractivity contribution in [1.82, 2.24) is 5.32 Å². The van der Waals surface area contributed by atoms with Gasteiger partial charge in [0, 0.05) is 36.7 Å². The lowest BCUT2D eigenvalue weighted by Crippen LogP contribution is -2.08. The van der Waals surface area contributed by atoms with Crippen LogP contribution in [-0.4, -0.2) is 5.71 Å². The fourth-order valence-corrected chi connectivity index (χ4v) is 2.64. The van der Waals surface area contributed by atoms with Crippen LogP contribution in [0, 0.1) is 10.8 Å². The molecule has 0 radical (unpaired) electrons. The summed E-state index contributed by atoms with van der Waals surface area (Å²) < 4.78 is 0. The van der Waals surface area contributed by atoms with Crippen LogP contribution in [0.3, 0.4) is 0 Å². The Balaban J connectivity index is 2.14. The molecule has 2 rings (SSSR count). The van der Waals surface area contributed by atoms with E-state index in [0.29, 0.717) is 0 Å². The molecule has 0 fully saturated rings. The molecule has 0 saturated heterocycles. The zero-order valence-electron chi connectivity index (χ0n) is 15.4. The Morgan fingerprint density at radius 2 is 1.52 bits per heavy atom. The Morgan fingerprint density at radius 3 is 2.17 bits per heavy atom. The average Bonchev–Trinajstić information content (AvgIpc) is 2.78. The van der Waals surface area contributed by atoms with Crippen LogP contribution in [0.4, 0.5) is 0 Å². The van der Waals surface area contributed by atoms with Crippen molar-refractivity contribution in [2.75, 3.05) is 0 Å². The fraction of sp³-hybridized carbons (Fsp3) is 0.476. The van der Waals surface area contributed by atoms with E-state index in [1.54, 1.807) is 0 Å². The summed E-state index contributed by atoms with van der Waals surface area (Å²) >= 11 is 0. The minimum Gasteiger partial charge on any atom is -0.365 e. The molecule has 0 amide bonds. The molecule has 1 N–H and O–H groups in total. The molecule has 0 saturated carbocycles. The molecule has 23 heavy (non-hydrogen) atoms. The molecule has 0 aliphatic carbocycles. The number of hydrogen-bond donors (Lipinski definition) is 1. The van der Waals surface area contributed by atoms with Gasteiger partial charge in [0.15, 0.2) is 0 Å². The number of nitrogens with zero attached hydrogens (tertiary/aromatic N) is 1. The van der Waals surface area contributed by atoms with E-state index < -0.39 is 0 Å². The van der Waals surface area contributed by atoms with Crippen molar-refractivity contribution in [2.24, 2.45) is 15.8 Å². The SMILES string of the molecule is CC(C)(C)C1=CCC(/C=C2\CC=C(C(C)(C)C)C=CN2)=NC=C1. The second-order valence-corrected chi connectivity index (χ2v) is 8.31. The van der Waals surface area contributed by atoms with Gasteiger partial charge in [-0.15, -0.1) is 0 Å². The number of aliphatic imine (C=N–C) groups is 1. The topological polar surface area (TPSA) is 24.4 Å². The number of nitrogens with one attached hydrogen (secondary N) is 1. The molecule has 124 valence electrons. The summed E-state index contributed by atoms with van der Waals surface area (Å²) in [4.78, 5) is 4.60. The van der Waals surface area contributed by atoms with Gasteiger partial charge in [0.25, 0.3) is 0 Å². The van der Waals surface area contributed by atoms with Gasteiger partial charge in [-0.2, -0.15) is 0 Å². The Kier molecular flexibility index (Phi) is 5.13. The molecule has 0 spiro atoms. The van der Waals surface area contributed by atoms with E-state index in [1.165, 1.54) is 16.8 Å². The minimum atomic E-state index is 0.169. The molecule has 0 aromatic carbocycles. The molecule has 0 aromatic heterocycles. The highest BCUT2D eigenvalue weighted by Gasteiger charge is 2.17. The van der Waals surface area contributed by atoms with Crippen LogP contribution in [0.5, 0.6) is 0 Å². The highest BCUT2D eigenvalue weighted by Crippen LogP contribution is 2.29. The predicted octanol–water partition coefficient (Wildman–Crippen LogP) is 5.68. The maximum Gasteiger partial charge on any atom is 0.0458 e. The Bertz CT molecular complexity index is 624. The van der Waals surface area contributed by atoms with E-state index in [1.807, 2.05) is 12.4 Å². The van der Waals surface area contributed by atoms with Gasteiger partial charge in [0.05, 0.1) is 0 Å². The standard InChI is InChI=1S/C21H30N2/c1-20(2,3)16-7-9-18(22-13-11-16)15-19-10-8-17(12-14-23-19)21(4,5)6/h7-8,11-15,22H,9-10H2,1-6H3/b18-15+. The van der Waals surface area contributed by atoms with Gasteiger partial charge in [-0.25, -0.2) is 0 Å². The summed E-state index contributed by atoms with van der Waals surface area (Å²) in [5.74, 6) is 0. The molecule has 2 heteroatoms. The van der Waals surface area contributed by atoms with Crippen LogP contribution < -0.4 is 5.32 Å². The van der Waals surface area contributed by atoms with Crippen molar-refractivity contribution in [2.45, 2.75) is 54.4 Å². The first-order valence-corrected chi connectivity index (χ1v) is 8.44. The first-order valence-electron chi connectivity index (χ1n) is 8.44. The predicted molar refractivity (Wildman–Crippen MR) is 101 cm³/mol. The first kappa shape index (κ1) is 17.5. The largest absolute Gasteiger partial charge is 0.365 e. The Morgan fingerprint density at radius 1 is 0.913 bits per heavy atom. The summed E-state index contributed by atoms with van der Waals surface area (Å²) in [6.07, 6.45) is 16.9. The smallest absolute Gasteiger partial charge is 0.0458 e. The van der Waals surface area contributed by atoms with E-state index in [0.717, 1.165) is 18.6 Å². The van der Waals surface area contributed by atoms with Crippen LogP contribution in [-0.2, 0) is 0 Å². The zero-order valence-corrected chi connectivity index (χ0v) is 15.4. The summed E-state index contributed by atoms with van der Waals surface area (Å²) in [5, 5.41) is 3.40. The molecule has 2 aliphatic heterocycles. The van der Waals surface area contributed by atoms with Gasteiger partial charge in [-0.3, -0.25) is 4.99 Å². The van der Waals surface area contributed by atoms with Gasteiger partial charge in [-0.05, 0) is 40.2 Å². The van der Waals surface area contributed by atoms with E-state index in [2.05, 4.69) is 82.2 Å². The van der Waals surface area contributed by atoms with E-state index >= 15 is 0 Å². The third kappa shape index (κ3) is 5.09. The molecule has 2 nitrogen and oxygen atoms in total. The van der Waals surface area contributed by atoms with Crippen LogP contribution in [0.25, 0.3) is 0 Å².